The van der Waals surface area contributed by atoms with E-state index in [1.54, 1.807) is 18.3 Å². The second-order valence-corrected chi connectivity index (χ2v) is 3.84. The molecule has 4 heteroatoms. The highest BCUT2D eigenvalue weighted by Gasteiger charge is 2.00. The number of hydrogen-bond acceptors (Lipinski definition) is 3. The molecule has 0 fully saturated rings. The molecule has 0 bridgehead atoms. The van der Waals surface area contributed by atoms with Gasteiger partial charge in [-0.2, -0.15) is 0 Å². The normalized spacial score (nSPS) is 10.3. The molecule has 0 atom stereocenters. The molecule has 18 heavy (non-hydrogen) atoms. The molecular formula is C14H15FN2O. The summed E-state index contributed by atoms with van der Waals surface area (Å²) in [6.07, 6.45) is 1.70. The van der Waals surface area contributed by atoms with E-state index in [9.17, 15) is 4.39 Å². The standard InChI is InChI=1S/C14H15FN2O/c1-2-16-10-11-7-8-17-14(9-11)18-13-5-3-12(15)4-6-13/h3-9,16H,2,10H2,1H3. The highest BCUT2D eigenvalue weighted by Crippen LogP contribution is 2.20. The molecule has 0 radical (unpaired) electrons. The Morgan fingerprint density at radius 3 is 2.72 bits per heavy atom. The first-order valence-corrected chi connectivity index (χ1v) is 5.87. The van der Waals surface area contributed by atoms with Gasteiger partial charge in [-0.1, -0.05) is 6.92 Å². The predicted molar refractivity (Wildman–Crippen MR) is 68.1 cm³/mol. The molecule has 0 saturated carbocycles. The first-order chi connectivity index (χ1) is 8.78. The fourth-order valence-electron chi connectivity index (χ4n) is 1.51. The summed E-state index contributed by atoms with van der Waals surface area (Å²) in [4.78, 5) is 4.12. The largest absolute Gasteiger partial charge is 0.439 e. The van der Waals surface area contributed by atoms with Crippen LogP contribution in [0.5, 0.6) is 11.6 Å². The van der Waals surface area contributed by atoms with Crippen LogP contribution in [0.15, 0.2) is 42.6 Å². The van der Waals surface area contributed by atoms with Crippen molar-refractivity contribution in [3.63, 3.8) is 0 Å². The van der Waals surface area contributed by atoms with Crippen LogP contribution in [0, 0.1) is 5.82 Å². The van der Waals surface area contributed by atoms with E-state index in [-0.39, 0.29) is 5.82 Å². The molecule has 1 N–H and O–H groups in total. The highest BCUT2D eigenvalue weighted by atomic mass is 19.1. The van der Waals surface area contributed by atoms with E-state index >= 15 is 0 Å². The Balaban J connectivity index is 2.06. The van der Waals surface area contributed by atoms with Gasteiger partial charge >= 0.3 is 0 Å². The van der Waals surface area contributed by atoms with Gasteiger partial charge in [-0.3, -0.25) is 0 Å². The molecule has 0 amide bonds. The van der Waals surface area contributed by atoms with Gasteiger partial charge in [-0.15, -0.1) is 0 Å². The van der Waals surface area contributed by atoms with Crippen molar-refractivity contribution in [1.29, 1.82) is 0 Å². The molecule has 0 saturated heterocycles. The zero-order valence-corrected chi connectivity index (χ0v) is 10.2. The number of hydrogen-bond donors (Lipinski definition) is 1. The maximum absolute atomic E-state index is 12.7. The monoisotopic (exact) mass is 246 g/mol. The van der Waals surface area contributed by atoms with E-state index < -0.39 is 0 Å². The Labute approximate surface area is 106 Å². The summed E-state index contributed by atoms with van der Waals surface area (Å²) in [6, 6.07) is 9.67. The Morgan fingerprint density at radius 1 is 1.22 bits per heavy atom. The van der Waals surface area contributed by atoms with Gasteiger partial charge in [0.15, 0.2) is 0 Å². The average molecular weight is 246 g/mol. The minimum absolute atomic E-state index is 0.281. The number of rotatable bonds is 5. The molecule has 0 unspecified atom stereocenters. The molecule has 2 rings (SSSR count). The smallest absolute Gasteiger partial charge is 0.219 e. The molecule has 0 spiro atoms. The van der Waals surface area contributed by atoms with Crippen LogP contribution in [0.1, 0.15) is 12.5 Å². The lowest BCUT2D eigenvalue weighted by atomic mass is 10.2. The third kappa shape index (κ3) is 3.53. The Hall–Kier alpha value is -1.94. The molecule has 0 aliphatic rings. The summed E-state index contributed by atoms with van der Waals surface area (Å²) in [5.74, 6) is 0.803. The number of benzene rings is 1. The van der Waals surface area contributed by atoms with Crippen LogP contribution in [0.2, 0.25) is 0 Å². The van der Waals surface area contributed by atoms with Crippen LogP contribution < -0.4 is 10.1 Å². The maximum Gasteiger partial charge on any atom is 0.219 e. The van der Waals surface area contributed by atoms with Gasteiger partial charge in [0.25, 0.3) is 0 Å². The van der Waals surface area contributed by atoms with Gasteiger partial charge in [0, 0.05) is 18.8 Å². The zero-order valence-electron chi connectivity index (χ0n) is 10.2. The van der Waals surface area contributed by atoms with Crippen molar-refractivity contribution in [3.8, 4) is 11.6 Å². The first-order valence-electron chi connectivity index (χ1n) is 5.87. The summed E-state index contributed by atoms with van der Waals surface area (Å²) in [6.45, 7) is 3.74. The molecule has 1 heterocycles. The number of pyridine rings is 1. The van der Waals surface area contributed by atoms with E-state index in [1.165, 1.54) is 12.1 Å². The average Bonchev–Trinajstić information content (AvgIpc) is 2.40. The van der Waals surface area contributed by atoms with E-state index in [0.717, 1.165) is 18.7 Å². The fraction of sp³-hybridized carbons (Fsp3) is 0.214. The minimum atomic E-state index is -0.281. The van der Waals surface area contributed by atoms with Crippen LogP contribution in [0.4, 0.5) is 4.39 Å². The molecule has 1 aromatic carbocycles. The lowest BCUT2D eigenvalue weighted by Gasteiger charge is -2.06. The highest BCUT2D eigenvalue weighted by molar-refractivity contribution is 5.29. The first kappa shape index (κ1) is 12.5. The van der Waals surface area contributed by atoms with Crippen molar-refractivity contribution in [2.45, 2.75) is 13.5 Å². The zero-order chi connectivity index (χ0) is 12.8. The SMILES string of the molecule is CCNCc1ccnc(Oc2ccc(F)cc2)c1. The second-order valence-electron chi connectivity index (χ2n) is 3.84. The molecule has 94 valence electrons. The van der Waals surface area contributed by atoms with Gasteiger partial charge in [0.1, 0.15) is 11.6 Å². The number of nitrogens with zero attached hydrogens (tertiary/aromatic N) is 1. The molecular weight excluding hydrogens is 231 g/mol. The predicted octanol–water partition coefficient (Wildman–Crippen LogP) is 3.12. The maximum atomic E-state index is 12.7. The van der Waals surface area contributed by atoms with Crippen molar-refractivity contribution in [2.75, 3.05) is 6.54 Å². The topological polar surface area (TPSA) is 34.2 Å². The summed E-state index contributed by atoms with van der Waals surface area (Å²) < 4.78 is 18.3. The molecule has 3 nitrogen and oxygen atoms in total. The third-order valence-corrected chi connectivity index (χ3v) is 2.41. The Kier molecular flexibility index (Phi) is 4.25. The van der Waals surface area contributed by atoms with E-state index in [4.69, 9.17) is 4.74 Å². The summed E-state index contributed by atoms with van der Waals surface area (Å²) in [7, 11) is 0. The van der Waals surface area contributed by atoms with Crippen LogP contribution in [0.3, 0.4) is 0 Å². The lowest BCUT2D eigenvalue weighted by molar-refractivity contribution is 0.460. The van der Waals surface area contributed by atoms with Crippen molar-refractivity contribution in [2.24, 2.45) is 0 Å². The summed E-state index contributed by atoms with van der Waals surface area (Å²) in [5, 5.41) is 3.23. The van der Waals surface area contributed by atoms with Crippen LogP contribution in [-0.4, -0.2) is 11.5 Å². The van der Waals surface area contributed by atoms with Gasteiger partial charge in [-0.05, 0) is 42.4 Å². The molecule has 2 aromatic rings. The Bertz CT molecular complexity index is 499. The fourth-order valence-corrected chi connectivity index (χ4v) is 1.51. The lowest BCUT2D eigenvalue weighted by Crippen LogP contribution is -2.11. The van der Waals surface area contributed by atoms with Gasteiger partial charge in [-0.25, -0.2) is 9.37 Å². The molecule has 0 aliphatic heterocycles. The van der Waals surface area contributed by atoms with Gasteiger partial charge in [0.05, 0.1) is 0 Å². The Morgan fingerprint density at radius 2 is 2.00 bits per heavy atom. The summed E-state index contributed by atoms with van der Waals surface area (Å²) in [5.41, 5.74) is 1.10. The minimum Gasteiger partial charge on any atom is -0.439 e. The quantitative estimate of drug-likeness (QED) is 0.880. The van der Waals surface area contributed by atoms with Gasteiger partial charge < -0.3 is 10.1 Å². The van der Waals surface area contributed by atoms with E-state index in [1.807, 2.05) is 12.1 Å². The summed E-state index contributed by atoms with van der Waals surface area (Å²) >= 11 is 0. The van der Waals surface area contributed by atoms with Crippen LogP contribution in [-0.2, 0) is 6.54 Å². The van der Waals surface area contributed by atoms with Crippen molar-refractivity contribution in [1.82, 2.24) is 10.3 Å². The molecule has 1 aromatic heterocycles. The van der Waals surface area contributed by atoms with E-state index in [2.05, 4.69) is 17.2 Å². The molecule has 0 aliphatic carbocycles. The number of aromatic nitrogens is 1. The van der Waals surface area contributed by atoms with Crippen LogP contribution in [0.25, 0.3) is 0 Å². The van der Waals surface area contributed by atoms with Crippen LogP contribution >= 0.6 is 0 Å². The third-order valence-electron chi connectivity index (χ3n) is 2.41. The second kappa shape index (κ2) is 6.12. The van der Waals surface area contributed by atoms with Crippen molar-refractivity contribution < 1.29 is 9.13 Å². The number of halogens is 1. The van der Waals surface area contributed by atoms with Gasteiger partial charge in [0.2, 0.25) is 5.88 Å². The number of ether oxygens (including phenoxy) is 1. The van der Waals surface area contributed by atoms with Crippen molar-refractivity contribution >= 4 is 0 Å². The van der Waals surface area contributed by atoms with E-state index in [0.29, 0.717) is 11.6 Å². The van der Waals surface area contributed by atoms with Crippen molar-refractivity contribution in [3.05, 3.63) is 54.0 Å². The number of nitrogens with one attached hydrogen (secondary N) is 1.